The summed E-state index contributed by atoms with van der Waals surface area (Å²) in [4.78, 5) is 15.1. The zero-order valence-electron chi connectivity index (χ0n) is 18.5. The Morgan fingerprint density at radius 3 is 2.71 bits per heavy atom. The predicted octanol–water partition coefficient (Wildman–Crippen LogP) is 4.62. The molecule has 0 saturated heterocycles. The molecule has 2 N–H and O–H groups in total. The molecule has 0 saturated carbocycles. The first kappa shape index (κ1) is 22.6. The van der Waals surface area contributed by atoms with Gasteiger partial charge in [0.2, 0.25) is 0 Å². The van der Waals surface area contributed by atoms with Crippen molar-refractivity contribution in [2.24, 2.45) is 5.16 Å². The quantitative estimate of drug-likeness (QED) is 0.347. The van der Waals surface area contributed by atoms with E-state index in [1.807, 2.05) is 24.3 Å². The maximum absolute atomic E-state index is 7.70. The summed E-state index contributed by atoms with van der Waals surface area (Å²) in [6.45, 7) is 4.48. The van der Waals surface area contributed by atoms with Crippen molar-refractivity contribution in [3.05, 3.63) is 70.7 Å². The van der Waals surface area contributed by atoms with Crippen molar-refractivity contribution in [1.82, 2.24) is 9.97 Å². The number of hydrogen-bond acceptors (Lipinski definition) is 6. The highest BCUT2D eigenvalue weighted by atomic mass is 16.6. The fourth-order valence-electron chi connectivity index (χ4n) is 3.87. The van der Waals surface area contributed by atoms with E-state index in [0.717, 1.165) is 67.5 Å². The van der Waals surface area contributed by atoms with Crippen LogP contribution in [-0.4, -0.2) is 40.2 Å². The molecule has 162 valence electrons. The highest BCUT2D eigenvalue weighted by Gasteiger charge is 2.21. The van der Waals surface area contributed by atoms with Gasteiger partial charge in [0.1, 0.15) is 12.3 Å². The predicted molar refractivity (Wildman–Crippen MR) is 125 cm³/mol. The number of nitrogens with zero attached hydrogens (tertiary/aromatic N) is 3. The SMILES string of the molecule is CC(=N)c1cccc(CCCO/N=C2\CCCc3c2nc2ccccc2c3C)n1.CO. The lowest BCUT2D eigenvalue weighted by Crippen LogP contribution is -2.16. The van der Waals surface area contributed by atoms with Crippen LogP contribution in [0.4, 0.5) is 0 Å². The van der Waals surface area contributed by atoms with Crippen LogP contribution >= 0.6 is 0 Å². The van der Waals surface area contributed by atoms with E-state index in [1.165, 1.54) is 16.5 Å². The number of fused-ring (bicyclic) bond motifs is 2. The van der Waals surface area contributed by atoms with Gasteiger partial charge in [-0.25, -0.2) is 4.98 Å². The lowest BCUT2D eigenvalue weighted by atomic mass is 9.89. The molecule has 6 heteroatoms. The minimum absolute atomic E-state index is 0.487. The van der Waals surface area contributed by atoms with Crippen LogP contribution in [0, 0.1) is 12.3 Å². The molecule has 31 heavy (non-hydrogen) atoms. The van der Waals surface area contributed by atoms with Gasteiger partial charge in [0.25, 0.3) is 0 Å². The van der Waals surface area contributed by atoms with Crippen LogP contribution in [0.5, 0.6) is 0 Å². The molecule has 0 fully saturated rings. The Morgan fingerprint density at radius 2 is 1.90 bits per heavy atom. The van der Waals surface area contributed by atoms with Crippen LogP contribution in [0.25, 0.3) is 10.9 Å². The highest BCUT2D eigenvalue weighted by Crippen LogP contribution is 2.28. The van der Waals surface area contributed by atoms with Crippen LogP contribution < -0.4 is 0 Å². The maximum Gasteiger partial charge on any atom is 0.117 e. The average molecular weight is 419 g/mol. The minimum atomic E-state index is 0.487. The van der Waals surface area contributed by atoms with E-state index in [9.17, 15) is 0 Å². The summed E-state index contributed by atoms with van der Waals surface area (Å²) < 4.78 is 0. The van der Waals surface area contributed by atoms with E-state index < -0.39 is 0 Å². The molecule has 0 unspecified atom stereocenters. The van der Waals surface area contributed by atoms with Crippen LogP contribution in [0.15, 0.2) is 47.6 Å². The number of para-hydroxylation sites is 1. The first-order valence-electron chi connectivity index (χ1n) is 10.7. The van der Waals surface area contributed by atoms with Gasteiger partial charge >= 0.3 is 0 Å². The molecule has 0 radical (unpaired) electrons. The molecule has 0 aliphatic heterocycles. The van der Waals surface area contributed by atoms with E-state index in [1.54, 1.807) is 6.92 Å². The second-order valence-electron chi connectivity index (χ2n) is 7.55. The molecule has 0 bridgehead atoms. The van der Waals surface area contributed by atoms with Crippen molar-refractivity contribution in [3.63, 3.8) is 0 Å². The number of benzene rings is 1. The number of aromatic nitrogens is 2. The smallest absolute Gasteiger partial charge is 0.117 e. The molecule has 3 aromatic rings. The Balaban J connectivity index is 0.00000132. The Bertz CT molecular complexity index is 1090. The van der Waals surface area contributed by atoms with Gasteiger partial charge in [-0.2, -0.15) is 0 Å². The Hall–Kier alpha value is -3.12. The van der Waals surface area contributed by atoms with E-state index in [0.29, 0.717) is 12.3 Å². The summed E-state index contributed by atoms with van der Waals surface area (Å²) in [6.07, 6.45) is 4.67. The van der Waals surface area contributed by atoms with Gasteiger partial charge in [-0.05, 0) is 75.3 Å². The molecule has 2 aromatic heterocycles. The number of aryl methyl sites for hydroxylation is 2. The van der Waals surface area contributed by atoms with Crippen LogP contribution in [0.2, 0.25) is 0 Å². The topological polar surface area (TPSA) is 91.5 Å². The fourth-order valence-corrected chi connectivity index (χ4v) is 3.87. The lowest BCUT2D eigenvalue weighted by Gasteiger charge is -2.20. The molecule has 0 spiro atoms. The van der Waals surface area contributed by atoms with Crippen molar-refractivity contribution in [3.8, 4) is 0 Å². The van der Waals surface area contributed by atoms with Crippen LogP contribution in [0.3, 0.4) is 0 Å². The van der Waals surface area contributed by atoms with Crippen molar-refractivity contribution in [2.45, 2.75) is 46.0 Å². The third-order valence-electron chi connectivity index (χ3n) is 5.43. The molecule has 0 atom stereocenters. The third kappa shape index (κ3) is 5.33. The molecule has 0 amide bonds. The number of hydrogen-bond donors (Lipinski definition) is 2. The first-order valence-corrected chi connectivity index (χ1v) is 10.7. The van der Waals surface area contributed by atoms with Crippen molar-refractivity contribution >= 4 is 22.3 Å². The van der Waals surface area contributed by atoms with Gasteiger partial charge in [0.05, 0.1) is 22.6 Å². The first-order chi connectivity index (χ1) is 15.1. The second kappa shape index (κ2) is 10.8. The largest absolute Gasteiger partial charge is 0.400 e. The van der Waals surface area contributed by atoms with E-state index in [4.69, 9.17) is 20.3 Å². The molecule has 2 heterocycles. The van der Waals surface area contributed by atoms with Gasteiger partial charge < -0.3 is 15.4 Å². The number of rotatable bonds is 6. The summed E-state index contributed by atoms with van der Waals surface area (Å²) in [5.74, 6) is 0. The zero-order chi connectivity index (χ0) is 22.2. The summed E-state index contributed by atoms with van der Waals surface area (Å²) >= 11 is 0. The van der Waals surface area contributed by atoms with E-state index in [-0.39, 0.29) is 0 Å². The van der Waals surface area contributed by atoms with Crippen molar-refractivity contribution in [2.75, 3.05) is 13.7 Å². The summed E-state index contributed by atoms with van der Waals surface area (Å²) in [6, 6.07) is 14.1. The van der Waals surface area contributed by atoms with E-state index >= 15 is 0 Å². The van der Waals surface area contributed by atoms with Gasteiger partial charge in [-0.15, -0.1) is 0 Å². The van der Waals surface area contributed by atoms with Gasteiger partial charge in [-0.3, -0.25) is 4.98 Å². The Kier molecular flexibility index (Phi) is 7.84. The monoisotopic (exact) mass is 418 g/mol. The molecular formula is C25H30N4O2. The molecular weight excluding hydrogens is 388 g/mol. The second-order valence-corrected chi connectivity index (χ2v) is 7.55. The fraction of sp³-hybridized carbons (Fsp3) is 0.360. The maximum atomic E-state index is 7.70. The molecule has 1 aromatic carbocycles. The highest BCUT2D eigenvalue weighted by molar-refractivity contribution is 6.03. The summed E-state index contributed by atoms with van der Waals surface area (Å²) in [7, 11) is 1.00. The van der Waals surface area contributed by atoms with Crippen molar-refractivity contribution < 1.29 is 9.94 Å². The van der Waals surface area contributed by atoms with Crippen LogP contribution in [-0.2, 0) is 17.7 Å². The molecule has 1 aliphatic rings. The lowest BCUT2D eigenvalue weighted by molar-refractivity contribution is 0.141. The normalized spacial score (nSPS) is 14.0. The Labute approximate surface area is 183 Å². The Morgan fingerprint density at radius 1 is 1.10 bits per heavy atom. The molecule has 4 rings (SSSR count). The van der Waals surface area contributed by atoms with Gasteiger partial charge in [-0.1, -0.05) is 29.4 Å². The van der Waals surface area contributed by atoms with Crippen molar-refractivity contribution in [1.29, 1.82) is 5.41 Å². The number of nitrogens with one attached hydrogen (secondary N) is 1. The van der Waals surface area contributed by atoms with Gasteiger partial charge in [0.15, 0.2) is 0 Å². The van der Waals surface area contributed by atoms with Crippen LogP contribution in [0.1, 0.15) is 54.4 Å². The zero-order valence-corrected chi connectivity index (χ0v) is 18.5. The molecule has 6 nitrogen and oxygen atoms in total. The summed E-state index contributed by atoms with van der Waals surface area (Å²) in [5.41, 5.74) is 7.80. The number of aliphatic hydroxyl groups excluding tert-OH is 1. The number of pyridine rings is 2. The standard InChI is InChI=1S/C24H26N4O.CH4O/c1-16-19-10-3-4-12-22(19)27-24-20(16)11-6-14-23(24)28-29-15-7-9-18-8-5-13-21(26-18)17(2)25;1-2/h3-5,8,10,12-13,25H,6-7,9,11,14-15H2,1-2H3;2H,1H3/b25-17?,28-23+;. The number of oxime groups is 1. The third-order valence-corrected chi connectivity index (χ3v) is 5.43. The summed E-state index contributed by atoms with van der Waals surface area (Å²) in [5, 5.41) is 20.4. The molecule has 1 aliphatic carbocycles. The number of aliphatic hydroxyl groups is 1. The van der Waals surface area contributed by atoms with Gasteiger partial charge in [0, 0.05) is 18.2 Å². The van der Waals surface area contributed by atoms with E-state index in [2.05, 4.69) is 35.3 Å². The average Bonchev–Trinajstić information content (AvgIpc) is 2.81. The minimum Gasteiger partial charge on any atom is -0.400 e.